The van der Waals surface area contributed by atoms with Gasteiger partial charge in [0.15, 0.2) is 0 Å². The molecule has 0 aliphatic heterocycles. The molecule has 20 heavy (non-hydrogen) atoms. The fourth-order valence-electron chi connectivity index (χ4n) is 1.76. The molecular weight excluding hydrogens is 275 g/mol. The van der Waals surface area contributed by atoms with E-state index in [9.17, 15) is 23.3 Å². The molecule has 0 aliphatic rings. The molecule has 0 aliphatic carbocycles. The van der Waals surface area contributed by atoms with E-state index in [1.54, 1.807) is 0 Å². The van der Waals surface area contributed by atoms with Gasteiger partial charge in [0.25, 0.3) is 5.69 Å². The summed E-state index contributed by atoms with van der Waals surface area (Å²) < 4.78 is 39.7. The third kappa shape index (κ3) is 2.33. The molecule has 8 heteroatoms. The Bertz CT molecular complexity index is 713. The Morgan fingerprint density at radius 2 is 2.00 bits per heavy atom. The van der Waals surface area contributed by atoms with E-state index in [4.69, 9.17) is 5.26 Å². The van der Waals surface area contributed by atoms with E-state index < -0.39 is 22.4 Å². The molecule has 0 radical (unpaired) electrons. The summed E-state index contributed by atoms with van der Waals surface area (Å²) in [5, 5.41) is 19.5. The van der Waals surface area contributed by atoms with Crippen LogP contribution in [0, 0.1) is 21.4 Å². The number of nitro benzene ring substituents is 1. The maximum atomic E-state index is 12.8. The predicted molar refractivity (Wildman–Crippen MR) is 62.1 cm³/mol. The molecule has 5 nitrogen and oxygen atoms in total. The van der Waals surface area contributed by atoms with E-state index in [0.29, 0.717) is 6.07 Å². The summed E-state index contributed by atoms with van der Waals surface area (Å²) in [6.07, 6.45) is -3.45. The van der Waals surface area contributed by atoms with Crippen LogP contribution < -0.4 is 0 Å². The minimum absolute atomic E-state index is 0.0319. The highest BCUT2D eigenvalue weighted by Crippen LogP contribution is 2.37. The highest BCUT2D eigenvalue weighted by molar-refractivity contribution is 5.51. The summed E-state index contributed by atoms with van der Waals surface area (Å²) >= 11 is 0. The topological polar surface area (TPSA) is 71.9 Å². The van der Waals surface area contributed by atoms with Crippen LogP contribution in [0.5, 0.6) is 0 Å². The fraction of sp³-hybridized carbons (Fsp3) is 0.0833. The molecule has 2 rings (SSSR count). The third-order valence-corrected chi connectivity index (χ3v) is 2.62. The van der Waals surface area contributed by atoms with Crippen LogP contribution in [0.1, 0.15) is 11.3 Å². The molecule has 0 fully saturated rings. The van der Waals surface area contributed by atoms with Gasteiger partial charge in [-0.1, -0.05) is 0 Å². The zero-order valence-corrected chi connectivity index (χ0v) is 9.76. The number of hydrogen-bond acceptors (Lipinski definition) is 3. The van der Waals surface area contributed by atoms with E-state index in [0.717, 1.165) is 12.1 Å². The third-order valence-electron chi connectivity index (χ3n) is 2.62. The zero-order chi connectivity index (χ0) is 14.9. The molecule has 1 aromatic carbocycles. The Morgan fingerprint density at radius 3 is 2.55 bits per heavy atom. The highest BCUT2D eigenvalue weighted by atomic mass is 19.4. The van der Waals surface area contributed by atoms with Crippen molar-refractivity contribution in [1.82, 2.24) is 4.57 Å². The normalized spacial score (nSPS) is 11.1. The molecule has 0 spiro atoms. The highest BCUT2D eigenvalue weighted by Gasteiger charge is 2.38. The lowest BCUT2D eigenvalue weighted by atomic mass is 10.1. The van der Waals surface area contributed by atoms with Crippen molar-refractivity contribution in [2.45, 2.75) is 6.18 Å². The molecule has 0 saturated carbocycles. The Hall–Kier alpha value is -2.82. The van der Waals surface area contributed by atoms with Gasteiger partial charge in [-0.15, -0.1) is 0 Å². The fourth-order valence-corrected chi connectivity index (χ4v) is 1.76. The van der Waals surface area contributed by atoms with Crippen molar-refractivity contribution in [2.24, 2.45) is 0 Å². The van der Waals surface area contributed by atoms with Crippen molar-refractivity contribution in [1.29, 1.82) is 5.26 Å². The molecule has 2 aromatic rings. The molecule has 1 aromatic heterocycles. The van der Waals surface area contributed by atoms with Crippen LogP contribution >= 0.6 is 0 Å². The molecule has 0 atom stereocenters. The monoisotopic (exact) mass is 281 g/mol. The summed E-state index contributed by atoms with van der Waals surface area (Å²) in [5.41, 5.74) is -2.21. The van der Waals surface area contributed by atoms with E-state index in [1.165, 1.54) is 22.9 Å². The standard InChI is InChI=1S/C12H6F3N3O2/c13-12(14,15)10-6-8(3-4-11(10)18(19)20)17-5-1-2-9(17)7-16/h1-6H. The van der Waals surface area contributed by atoms with Crippen molar-refractivity contribution >= 4 is 5.69 Å². The summed E-state index contributed by atoms with van der Waals surface area (Å²) in [4.78, 5) is 9.55. The predicted octanol–water partition coefficient (Wildman–Crippen LogP) is 3.28. The number of aromatic nitrogens is 1. The maximum Gasteiger partial charge on any atom is 0.423 e. The van der Waals surface area contributed by atoms with Crippen LogP contribution in [0.25, 0.3) is 5.69 Å². The van der Waals surface area contributed by atoms with Gasteiger partial charge >= 0.3 is 6.18 Å². The molecule has 102 valence electrons. The molecule has 0 saturated heterocycles. The van der Waals surface area contributed by atoms with Gasteiger partial charge in [-0.05, 0) is 24.3 Å². The number of rotatable bonds is 2. The lowest BCUT2D eigenvalue weighted by molar-refractivity contribution is -0.388. The Kier molecular flexibility index (Phi) is 3.19. The first-order valence-corrected chi connectivity index (χ1v) is 5.28. The van der Waals surface area contributed by atoms with E-state index >= 15 is 0 Å². The second kappa shape index (κ2) is 4.70. The van der Waals surface area contributed by atoms with Gasteiger partial charge in [-0.25, -0.2) is 0 Å². The lowest BCUT2D eigenvalue weighted by Gasteiger charge is -2.10. The first-order valence-electron chi connectivity index (χ1n) is 5.28. The number of nitrogens with zero attached hydrogens (tertiary/aromatic N) is 3. The number of nitriles is 1. The summed E-state index contributed by atoms with van der Waals surface area (Å²) in [6, 6.07) is 7.33. The Labute approximate surface area is 110 Å². The molecule has 0 bridgehead atoms. The lowest BCUT2D eigenvalue weighted by Crippen LogP contribution is -2.10. The second-order valence-corrected chi connectivity index (χ2v) is 3.83. The van der Waals surface area contributed by atoms with E-state index in [2.05, 4.69) is 0 Å². The van der Waals surface area contributed by atoms with Crippen molar-refractivity contribution < 1.29 is 18.1 Å². The number of hydrogen-bond donors (Lipinski definition) is 0. The molecule has 0 unspecified atom stereocenters. The average molecular weight is 281 g/mol. The van der Waals surface area contributed by atoms with Crippen LogP contribution in [0.3, 0.4) is 0 Å². The van der Waals surface area contributed by atoms with E-state index in [1.807, 2.05) is 6.07 Å². The smallest absolute Gasteiger partial charge is 0.308 e. The van der Waals surface area contributed by atoms with E-state index in [-0.39, 0.29) is 11.4 Å². The van der Waals surface area contributed by atoms with Gasteiger partial charge in [0, 0.05) is 18.0 Å². The minimum Gasteiger partial charge on any atom is -0.308 e. The molecule has 0 N–H and O–H groups in total. The van der Waals surface area contributed by atoms with Gasteiger partial charge in [0.1, 0.15) is 17.3 Å². The summed E-state index contributed by atoms with van der Waals surface area (Å²) in [5.74, 6) is 0. The minimum atomic E-state index is -4.85. The van der Waals surface area contributed by atoms with Gasteiger partial charge in [0.2, 0.25) is 0 Å². The number of benzene rings is 1. The Balaban J connectivity index is 2.65. The van der Waals surface area contributed by atoms with Crippen LogP contribution in [0.2, 0.25) is 0 Å². The van der Waals surface area contributed by atoms with Gasteiger partial charge in [0.05, 0.1) is 4.92 Å². The van der Waals surface area contributed by atoms with Crippen molar-refractivity contribution in [2.75, 3.05) is 0 Å². The van der Waals surface area contributed by atoms with Crippen molar-refractivity contribution in [3.8, 4) is 11.8 Å². The molecule has 0 amide bonds. The quantitative estimate of drug-likeness (QED) is 0.626. The number of nitro groups is 1. The second-order valence-electron chi connectivity index (χ2n) is 3.83. The maximum absolute atomic E-state index is 12.8. The average Bonchev–Trinajstić information content (AvgIpc) is 2.85. The zero-order valence-electron chi connectivity index (χ0n) is 9.76. The van der Waals surface area contributed by atoms with Gasteiger partial charge in [-0.2, -0.15) is 18.4 Å². The van der Waals surface area contributed by atoms with Gasteiger partial charge in [-0.3, -0.25) is 10.1 Å². The van der Waals surface area contributed by atoms with Crippen LogP contribution in [0.4, 0.5) is 18.9 Å². The summed E-state index contributed by atoms with van der Waals surface area (Å²) in [7, 11) is 0. The van der Waals surface area contributed by atoms with Crippen molar-refractivity contribution in [3.05, 3.63) is 57.9 Å². The first kappa shape index (κ1) is 13.6. The van der Waals surface area contributed by atoms with Gasteiger partial charge < -0.3 is 4.57 Å². The molecule has 1 heterocycles. The molecular formula is C12H6F3N3O2. The van der Waals surface area contributed by atoms with Crippen molar-refractivity contribution in [3.63, 3.8) is 0 Å². The first-order chi connectivity index (χ1) is 9.34. The van der Waals surface area contributed by atoms with Crippen LogP contribution in [-0.4, -0.2) is 9.49 Å². The van der Waals surface area contributed by atoms with Crippen LogP contribution in [0.15, 0.2) is 36.5 Å². The number of halogens is 3. The van der Waals surface area contributed by atoms with Crippen LogP contribution in [-0.2, 0) is 6.18 Å². The number of alkyl halides is 3. The SMILES string of the molecule is N#Cc1cccn1-c1ccc([N+](=O)[O-])c(C(F)(F)F)c1. The Morgan fingerprint density at radius 1 is 1.30 bits per heavy atom. The summed E-state index contributed by atoms with van der Waals surface area (Å²) in [6.45, 7) is 0. The largest absolute Gasteiger partial charge is 0.423 e.